The van der Waals surface area contributed by atoms with Crippen molar-refractivity contribution in [3.63, 3.8) is 0 Å². The molecule has 0 radical (unpaired) electrons. The van der Waals surface area contributed by atoms with Gasteiger partial charge in [-0.1, -0.05) is 60.7 Å². The summed E-state index contributed by atoms with van der Waals surface area (Å²) in [6.07, 6.45) is -13.1. The highest BCUT2D eigenvalue weighted by molar-refractivity contribution is 5.17. The first-order chi connectivity index (χ1) is 18.0. The minimum atomic E-state index is -1.51. The number of aliphatic hydroxyl groups is 4. The van der Waals surface area contributed by atoms with Crippen LogP contribution in [0.5, 0.6) is 0 Å². The predicted molar refractivity (Wildman–Crippen MR) is 122 cm³/mol. The fraction of sp³-hybridized carbons (Fsp3) is 0.538. The lowest BCUT2D eigenvalue weighted by molar-refractivity contribution is -0.412. The van der Waals surface area contributed by atoms with Crippen molar-refractivity contribution in [2.24, 2.45) is 0 Å². The van der Waals surface area contributed by atoms with E-state index < -0.39 is 74.0 Å². The van der Waals surface area contributed by atoms with Crippen molar-refractivity contribution in [1.82, 2.24) is 0 Å². The van der Waals surface area contributed by atoms with Gasteiger partial charge in [0.05, 0.1) is 13.2 Å². The fourth-order valence-corrected chi connectivity index (χ4v) is 5.07. The molecule has 4 heterocycles. The highest BCUT2D eigenvalue weighted by atomic mass is 16.8. The highest BCUT2D eigenvalue weighted by Crippen LogP contribution is 2.37. The average molecular weight is 519 g/mol. The smallest absolute Gasteiger partial charge is 0.189 e. The lowest BCUT2D eigenvalue weighted by atomic mass is 9.96. The van der Waals surface area contributed by atoms with E-state index in [1.165, 1.54) is 0 Å². The van der Waals surface area contributed by atoms with Gasteiger partial charge in [-0.05, 0) is 0 Å². The molecule has 0 aliphatic carbocycles. The first kappa shape index (κ1) is 25.3. The second-order valence-corrected chi connectivity index (χ2v) is 9.54. The highest BCUT2D eigenvalue weighted by Gasteiger charge is 2.53. The van der Waals surface area contributed by atoms with E-state index in [4.69, 9.17) is 33.2 Å². The molecule has 0 unspecified atom stereocenters. The van der Waals surface area contributed by atoms with Crippen LogP contribution in [0.25, 0.3) is 0 Å². The van der Waals surface area contributed by atoms with Crippen molar-refractivity contribution >= 4 is 0 Å². The molecule has 4 N–H and O–H groups in total. The predicted octanol–water partition coefficient (Wildman–Crippen LogP) is 0.125. The SMILES string of the molecule is O[C@@H]1[C@H](O[C@@H]2O[C@@H]3CO[C@H](c4ccccc4)O[C@@H]3[C@H](O)[C@@H]2O)O[C@@H]2CO[C@H](c3ccccc3)O[C@@H]2[C@@H]1O. The Bertz CT molecular complexity index is 940. The molecule has 12 atom stereocenters. The number of hydrogen-bond acceptors (Lipinski definition) is 11. The van der Waals surface area contributed by atoms with Gasteiger partial charge in [0.25, 0.3) is 0 Å². The molecule has 4 aliphatic heterocycles. The van der Waals surface area contributed by atoms with Crippen LogP contribution in [0.2, 0.25) is 0 Å². The van der Waals surface area contributed by atoms with Crippen LogP contribution in [-0.4, -0.2) is 95.1 Å². The third kappa shape index (κ3) is 4.93. The van der Waals surface area contributed by atoms with E-state index in [-0.39, 0.29) is 13.2 Å². The zero-order chi connectivity index (χ0) is 25.5. The standard InChI is InChI=1S/C26H30O11/c27-17-19(29)25(33-15-11-31-23(35-21(15)17)13-7-3-1-4-8-13)37-26-20(30)18(28)22-16(34-26)12-32-24(36-22)14-9-5-2-6-10-14/h1-10,15-30H,11-12H2/t15-,16-,17-,18-,19+,20+,21+,22+,23+,24+,25+,26+/m1/s1. The molecule has 11 nitrogen and oxygen atoms in total. The first-order valence-corrected chi connectivity index (χ1v) is 12.3. The lowest BCUT2D eigenvalue weighted by Gasteiger charge is -2.49. The van der Waals surface area contributed by atoms with Crippen molar-refractivity contribution in [1.29, 1.82) is 0 Å². The van der Waals surface area contributed by atoms with Gasteiger partial charge in [-0.2, -0.15) is 0 Å². The molecular weight excluding hydrogens is 488 g/mol. The van der Waals surface area contributed by atoms with Crippen molar-refractivity contribution in [2.45, 2.75) is 74.0 Å². The molecule has 0 bridgehead atoms. The minimum absolute atomic E-state index is 0.0812. The second-order valence-electron chi connectivity index (χ2n) is 9.54. The zero-order valence-corrected chi connectivity index (χ0v) is 19.8. The summed E-state index contributed by atoms with van der Waals surface area (Å²) < 4.78 is 40.7. The van der Waals surface area contributed by atoms with Crippen LogP contribution in [0.1, 0.15) is 23.7 Å². The van der Waals surface area contributed by atoms with Crippen LogP contribution >= 0.6 is 0 Å². The molecule has 2 aromatic rings. The monoisotopic (exact) mass is 518 g/mol. The normalized spacial score (nSPS) is 44.0. The summed E-state index contributed by atoms with van der Waals surface area (Å²) in [4.78, 5) is 0. The van der Waals surface area contributed by atoms with Crippen LogP contribution in [0, 0.1) is 0 Å². The molecule has 0 saturated carbocycles. The van der Waals surface area contributed by atoms with Gasteiger partial charge >= 0.3 is 0 Å². The molecule has 4 saturated heterocycles. The molecule has 0 spiro atoms. The molecule has 200 valence electrons. The van der Waals surface area contributed by atoms with Gasteiger partial charge in [-0.25, -0.2) is 0 Å². The molecule has 6 rings (SSSR count). The summed E-state index contributed by atoms with van der Waals surface area (Å²) >= 11 is 0. The maximum absolute atomic E-state index is 10.8. The average Bonchev–Trinajstić information content (AvgIpc) is 2.95. The Morgan fingerprint density at radius 2 is 0.946 bits per heavy atom. The Kier molecular flexibility index (Phi) is 7.27. The Labute approximate surface area is 213 Å². The quantitative estimate of drug-likeness (QED) is 0.438. The molecule has 0 amide bonds. The lowest BCUT2D eigenvalue weighted by Crippen LogP contribution is -2.66. The van der Waals surface area contributed by atoms with E-state index >= 15 is 0 Å². The van der Waals surface area contributed by atoms with E-state index in [0.29, 0.717) is 0 Å². The number of hydrogen-bond donors (Lipinski definition) is 4. The van der Waals surface area contributed by atoms with Crippen LogP contribution in [-0.2, 0) is 33.2 Å². The summed E-state index contributed by atoms with van der Waals surface area (Å²) in [7, 11) is 0. The van der Waals surface area contributed by atoms with E-state index in [9.17, 15) is 20.4 Å². The number of rotatable bonds is 4. The topological polar surface area (TPSA) is 146 Å². The number of aliphatic hydroxyl groups excluding tert-OH is 4. The van der Waals surface area contributed by atoms with Crippen molar-refractivity contribution < 1.29 is 53.6 Å². The van der Waals surface area contributed by atoms with Crippen LogP contribution in [0.4, 0.5) is 0 Å². The van der Waals surface area contributed by atoms with Crippen molar-refractivity contribution in [2.75, 3.05) is 13.2 Å². The molecule has 2 aromatic carbocycles. The van der Waals surface area contributed by atoms with E-state index in [1.807, 2.05) is 60.7 Å². The van der Waals surface area contributed by atoms with Gasteiger partial charge in [-0.15, -0.1) is 0 Å². The van der Waals surface area contributed by atoms with E-state index in [0.717, 1.165) is 11.1 Å². The fourth-order valence-electron chi connectivity index (χ4n) is 5.07. The van der Waals surface area contributed by atoms with Gasteiger partial charge < -0.3 is 53.6 Å². The Morgan fingerprint density at radius 1 is 0.541 bits per heavy atom. The van der Waals surface area contributed by atoms with Crippen LogP contribution in [0.3, 0.4) is 0 Å². The van der Waals surface area contributed by atoms with Crippen LogP contribution in [0.15, 0.2) is 60.7 Å². The molecule has 37 heavy (non-hydrogen) atoms. The van der Waals surface area contributed by atoms with Gasteiger partial charge in [0, 0.05) is 11.1 Å². The zero-order valence-electron chi connectivity index (χ0n) is 19.8. The Morgan fingerprint density at radius 3 is 1.35 bits per heavy atom. The second kappa shape index (κ2) is 10.6. The summed E-state index contributed by atoms with van der Waals surface area (Å²) in [5.41, 5.74) is 1.55. The Hall–Kier alpha value is -2.00. The van der Waals surface area contributed by atoms with Gasteiger partial charge in [-0.3, -0.25) is 0 Å². The number of fused-ring (bicyclic) bond motifs is 2. The Balaban J connectivity index is 1.09. The molecule has 4 aliphatic rings. The van der Waals surface area contributed by atoms with Gasteiger partial charge in [0.15, 0.2) is 25.2 Å². The van der Waals surface area contributed by atoms with E-state index in [2.05, 4.69) is 0 Å². The maximum Gasteiger partial charge on any atom is 0.189 e. The van der Waals surface area contributed by atoms with Crippen molar-refractivity contribution in [3.05, 3.63) is 71.8 Å². The largest absolute Gasteiger partial charge is 0.387 e. The summed E-state index contributed by atoms with van der Waals surface area (Å²) in [5, 5.41) is 43.1. The van der Waals surface area contributed by atoms with Crippen molar-refractivity contribution in [3.8, 4) is 0 Å². The van der Waals surface area contributed by atoms with E-state index in [1.54, 1.807) is 0 Å². The number of benzene rings is 2. The van der Waals surface area contributed by atoms with Gasteiger partial charge in [0.1, 0.15) is 48.8 Å². The first-order valence-electron chi connectivity index (χ1n) is 12.3. The molecule has 4 fully saturated rings. The summed E-state index contributed by atoms with van der Waals surface area (Å²) in [5.74, 6) is 0. The number of ether oxygens (including phenoxy) is 7. The molecule has 11 heteroatoms. The molecule has 0 aromatic heterocycles. The molecular formula is C26H30O11. The third-order valence-corrected chi connectivity index (χ3v) is 7.08. The van der Waals surface area contributed by atoms with Crippen LogP contribution < -0.4 is 0 Å². The minimum Gasteiger partial charge on any atom is -0.387 e. The van der Waals surface area contributed by atoms with Gasteiger partial charge in [0.2, 0.25) is 0 Å². The summed E-state index contributed by atoms with van der Waals surface area (Å²) in [6, 6.07) is 18.5. The summed E-state index contributed by atoms with van der Waals surface area (Å²) in [6.45, 7) is 0.162. The maximum atomic E-state index is 10.8. The third-order valence-electron chi connectivity index (χ3n) is 7.08.